The van der Waals surface area contributed by atoms with E-state index in [0.717, 1.165) is 18.6 Å². The number of nitrogen functional groups attached to an aromatic ring is 1. The number of nitrogens with two attached hydrogens (primary N) is 1. The van der Waals surface area contributed by atoms with Crippen LogP contribution in [-0.2, 0) is 11.3 Å². The Kier molecular flexibility index (Phi) is 8.64. The van der Waals surface area contributed by atoms with Gasteiger partial charge in [-0.2, -0.15) is 0 Å². The normalized spacial score (nSPS) is 10.9. The van der Waals surface area contributed by atoms with Gasteiger partial charge in [0.25, 0.3) is 5.56 Å². The summed E-state index contributed by atoms with van der Waals surface area (Å²) in [5.74, 6) is -1.96. The third kappa shape index (κ3) is 5.71. The average Bonchev–Trinajstić information content (AvgIpc) is 2.69. The maximum Gasteiger partial charge on any atom is 0.330 e. The predicted octanol–water partition coefficient (Wildman–Crippen LogP) is 3.12. The van der Waals surface area contributed by atoms with E-state index < -0.39 is 22.9 Å². The summed E-state index contributed by atoms with van der Waals surface area (Å²) in [6, 6.07) is 3.53. The fourth-order valence-corrected chi connectivity index (χ4v) is 3.78. The molecule has 3 N–H and O–H groups in total. The number of nitrogens with zero attached hydrogens (tertiary/aromatic N) is 2. The van der Waals surface area contributed by atoms with E-state index in [9.17, 15) is 23.2 Å². The zero-order valence-electron chi connectivity index (χ0n) is 17.0. The molecule has 30 heavy (non-hydrogen) atoms. The number of benzene rings is 1. The maximum atomic E-state index is 13.3. The van der Waals surface area contributed by atoms with Gasteiger partial charge in [-0.05, 0) is 31.0 Å². The lowest BCUT2D eigenvalue weighted by atomic mass is 10.3. The molecule has 0 aliphatic carbocycles. The minimum absolute atomic E-state index is 0.0321. The molecular formula is C20H26F2N4O3S. The molecule has 7 nitrogen and oxygen atoms in total. The summed E-state index contributed by atoms with van der Waals surface area (Å²) < 4.78 is 27.6. The number of aromatic amines is 1. The number of aromatic nitrogens is 2. The predicted molar refractivity (Wildman–Crippen MR) is 115 cm³/mol. The molecule has 1 heterocycles. The minimum atomic E-state index is -0.951. The van der Waals surface area contributed by atoms with Crippen molar-refractivity contribution in [2.45, 2.75) is 51.0 Å². The van der Waals surface area contributed by atoms with E-state index in [0.29, 0.717) is 30.0 Å². The highest BCUT2D eigenvalue weighted by molar-refractivity contribution is 7.99. The van der Waals surface area contributed by atoms with Crippen LogP contribution in [0.1, 0.15) is 39.5 Å². The number of rotatable bonds is 10. The Labute approximate surface area is 177 Å². The summed E-state index contributed by atoms with van der Waals surface area (Å²) >= 11 is 1.20. The number of H-pyrrole nitrogens is 1. The van der Waals surface area contributed by atoms with Gasteiger partial charge in [-0.3, -0.25) is 19.1 Å². The summed E-state index contributed by atoms with van der Waals surface area (Å²) in [5.41, 5.74) is 4.77. The van der Waals surface area contributed by atoms with Crippen LogP contribution >= 0.6 is 11.8 Å². The fraction of sp³-hybridized carbons (Fsp3) is 0.450. The second kappa shape index (κ2) is 11.0. The van der Waals surface area contributed by atoms with E-state index in [4.69, 9.17) is 5.73 Å². The first-order valence-electron chi connectivity index (χ1n) is 9.80. The number of thioether (sulfide) groups is 1. The highest BCUT2D eigenvalue weighted by atomic mass is 32.2. The van der Waals surface area contributed by atoms with Crippen LogP contribution in [0.4, 0.5) is 20.3 Å². The molecule has 0 aliphatic heterocycles. The second-order valence-corrected chi connectivity index (χ2v) is 7.89. The van der Waals surface area contributed by atoms with Crippen molar-refractivity contribution in [3.05, 3.63) is 50.7 Å². The van der Waals surface area contributed by atoms with Gasteiger partial charge in [-0.15, -0.1) is 11.8 Å². The quantitative estimate of drug-likeness (QED) is 0.553. The molecule has 0 aliphatic rings. The molecule has 164 valence electrons. The van der Waals surface area contributed by atoms with Gasteiger partial charge in [-0.25, -0.2) is 13.6 Å². The fourth-order valence-electron chi connectivity index (χ4n) is 2.92. The van der Waals surface area contributed by atoms with Gasteiger partial charge in [0, 0.05) is 30.2 Å². The first kappa shape index (κ1) is 23.7. The van der Waals surface area contributed by atoms with Gasteiger partial charge in [0.2, 0.25) is 5.91 Å². The molecule has 0 radical (unpaired) electrons. The van der Waals surface area contributed by atoms with Crippen molar-refractivity contribution in [3.8, 4) is 0 Å². The van der Waals surface area contributed by atoms with Crippen LogP contribution in [0.15, 0.2) is 32.7 Å². The van der Waals surface area contributed by atoms with E-state index in [1.165, 1.54) is 27.3 Å². The number of halogens is 2. The van der Waals surface area contributed by atoms with Crippen molar-refractivity contribution in [2.75, 3.05) is 22.9 Å². The first-order valence-corrected chi connectivity index (χ1v) is 10.8. The number of unbranched alkanes of at least 4 members (excludes halogenated alkanes) is 1. The topological polar surface area (TPSA) is 101 Å². The molecule has 0 bridgehead atoms. The van der Waals surface area contributed by atoms with Crippen molar-refractivity contribution < 1.29 is 13.6 Å². The van der Waals surface area contributed by atoms with Crippen LogP contribution in [-0.4, -0.2) is 27.8 Å². The van der Waals surface area contributed by atoms with Crippen LogP contribution in [0.25, 0.3) is 0 Å². The van der Waals surface area contributed by atoms with Crippen LogP contribution < -0.4 is 21.9 Å². The molecule has 0 spiro atoms. The molecule has 0 unspecified atom stereocenters. The van der Waals surface area contributed by atoms with Gasteiger partial charge < -0.3 is 10.6 Å². The molecule has 1 amide bonds. The van der Waals surface area contributed by atoms with Crippen molar-refractivity contribution in [3.63, 3.8) is 0 Å². The number of amides is 1. The number of nitrogens with one attached hydrogen (secondary N) is 1. The Morgan fingerprint density at radius 1 is 1.20 bits per heavy atom. The second-order valence-electron chi connectivity index (χ2n) is 6.72. The molecule has 0 saturated heterocycles. The number of hydrogen-bond acceptors (Lipinski definition) is 5. The van der Waals surface area contributed by atoms with E-state index in [1.54, 1.807) is 0 Å². The monoisotopic (exact) mass is 440 g/mol. The third-order valence-corrected chi connectivity index (χ3v) is 5.44. The third-order valence-electron chi connectivity index (χ3n) is 4.44. The number of carbonyl (C=O) groups is 1. The van der Waals surface area contributed by atoms with Crippen molar-refractivity contribution >= 4 is 29.2 Å². The summed E-state index contributed by atoms with van der Waals surface area (Å²) in [6.45, 7) is 4.41. The van der Waals surface area contributed by atoms with Crippen molar-refractivity contribution in [1.82, 2.24) is 9.55 Å². The van der Waals surface area contributed by atoms with Gasteiger partial charge in [0.05, 0.1) is 0 Å². The first-order chi connectivity index (χ1) is 14.3. The Balaban J connectivity index is 2.21. The molecule has 0 fully saturated rings. The van der Waals surface area contributed by atoms with E-state index in [2.05, 4.69) is 4.98 Å². The molecular weight excluding hydrogens is 414 g/mol. The smallest absolute Gasteiger partial charge is 0.330 e. The lowest BCUT2D eigenvalue weighted by molar-refractivity contribution is -0.118. The Hall–Kier alpha value is -2.62. The van der Waals surface area contributed by atoms with E-state index >= 15 is 0 Å². The van der Waals surface area contributed by atoms with Gasteiger partial charge >= 0.3 is 5.69 Å². The number of carbonyl (C=O) groups excluding carboxylic acids is 1. The zero-order valence-corrected chi connectivity index (χ0v) is 17.9. The molecule has 2 rings (SSSR count). The van der Waals surface area contributed by atoms with Crippen LogP contribution in [0.3, 0.4) is 0 Å². The van der Waals surface area contributed by atoms with Crippen LogP contribution in [0, 0.1) is 11.6 Å². The average molecular weight is 441 g/mol. The molecule has 1 aromatic heterocycles. The number of hydrogen-bond donors (Lipinski definition) is 2. The maximum absolute atomic E-state index is 13.3. The molecule has 10 heteroatoms. The van der Waals surface area contributed by atoms with Gasteiger partial charge in [-0.1, -0.05) is 20.3 Å². The summed E-state index contributed by atoms with van der Waals surface area (Å²) in [7, 11) is 0. The van der Waals surface area contributed by atoms with E-state index in [-0.39, 0.29) is 30.4 Å². The Morgan fingerprint density at radius 2 is 1.93 bits per heavy atom. The Morgan fingerprint density at radius 3 is 2.57 bits per heavy atom. The lowest BCUT2D eigenvalue weighted by Crippen LogP contribution is -2.41. The SMILES string of the molecule is CCCCn1c(N)c(N(CCC)C(=O)CCSc2ccc(F)c(F)c2)c(=O)[nH]c1=O. The largest absolute Gasteiger partial charge is 0.383 e. The van der Waals surface area contributed by atoms with E-state index in [1.807, 2.05) is 13.8 Å². The molecule has 0 saturated carbocycles. The standard InChI is InChI=1S/C20H26F2N4O3S/c1-3-5-10-26-18(23)17(19(28)24-20(26)29)25(9-4-2)16(27)8-11-30-13-6-7-14(21)15(22)12-13/h6-7,12H,3-5,8-11,23H2,1-2H3,(H,24,28,29). The number of anilines is 2. The molecule has 1 aromatic carbocycles. The summed E-state index contributed by atoms with van der Waals surface area (Å²) in [4.78, 5) is 41.4. The summed E-state index contributed by atoms with van der Waals surface area (Å²) in [5, 5.41) is 0. The minimum Gasteiger partial charge on any atom is -0.383 e. The van der Waals surface area contributed by atoms with Crippen LogP contribution in [0.2, 0.25) is 0 Å². The molecule has 2 aromatic rings. The Bertz CT molecular complexity index is 1010. The van der Waals surface area contributed by atoms with Gasteiger partial charge in [0.1, 0.15) is 5.82 Å². The summed E-state index contributed by atoms with van der Waals surface area (Å²) in [6.07, 6.45) is 2.16. The highest BCUT2D eigenvalue weighted by Crippen LogP contribution is 2.23. The lowest BCUT2D eigenvalue weighted by Gasteiger charge is -2.24. The highest BCUT2D eigenvalue weighted by Gasteiger charge is 2.23. The van der Waals surface area contributed by atoms with Gasteiger partial charge in [0.15, 0.2) is 17.3 Å². The van der Waals surface area contributed by atoms with Crippen molar-refractivity contribution in [2.24, 2.45) is 0 Å². The van der Waals surface area contributed by atoms with Crippen LogP contribution in [0.5, 0.6) is 0 Å². The zero-order chi connectivity index (χ0) is 22.3. The molecule has 0 atom stereocenters. The van der Waals surface area contributed by atoms with Crippen molar-refractivity contribution in [1.29, 1.82) is 0 Å².